The summed E-state index contributed by atoms with van der Waals surface area (Å²) in [7, 11) is 0. The van der Waals surface area contributed by atoms with Gasteiger partial charge in [0.25, 0.3) is 0 Å². The maximum atomic E-state index is 11.0. The summed E-state index contributed by atoms with van der Waals surface area (Å²) in [4.78, 5) is 15.2. The number of rotatable bonds is 5. The molecular formula is C12H13N3O2S. The number of nitrogens with zero attached hydrogens (tertiary/aromatic N) is 1. The van der Waals surface area contributed by atoms with Crippen LogP contribution in [0.1, 0.15) is 15.4 Å². The number of nitrogens with two attached hydrogens (primary N) is 1. The summed E-state index contributed by atoms with van der Waals surface area (Å²) >= 11 is 1.58. The normalized spacial score (nSPS) is 10.2. The van der Waals surface area contributed by atoms with Crippen molar-refractivity contribution in [2.75, 3.05) is 17.6 Å². The lowest BCUT2D eigenvalue weighted by molar-refractivity contribution is 0.0698. The predicted molar refractivity (Wildman–Crippen MR) is 72.1 cm³/mol. The van der Waals surface area contributed by atoms with Crippen molar-refractivity contribution in [1.82, 2.24) is 4.98 Å². The second kappa shape index (κ2) is 5.50. The molecule has 0 unspecified atom stereocenters. The fourth-order valence-electron chi connectivity index (χ4n) is 1.58. The SMILES string of the molecule is Nc1ccc(C(=O)O)c(NCCc2nccs2)c1. The van der Waals surface area contributed by atoms with Gasteiger partial charge < -0.3 is 16.2 Å². The number of benzene rings is 1. The van der Waals surface area contributed by atoms with Crippen molar-refractivity contribution in [3.63, 3.8) is 0 Å². The Morgan fingerprint density at radius 1 is 1.50 bits per heavy atom. The van der Waals surface area contributed by atoms with Crippen LogP contribution in [-0.2, 0) is 6.42 Å². The van der Waals surface area contributed by atoms with E-state index in [-0.39, 0.29) is 5.56 Å². The minimum atomic E-state index is -0.966. The van der Waals surface area contributed by atoms with Crippen LogP contribution in [0.25, 0.3) is 0 Å². The Bertz CT molecular complexity index is 540. The molecule has 2 aromatic rings. The van der Waals surface area contributed by atoms with Gasteiger partial charge in [0.05, 0.1) is 16.3 Å². The van der Waals surface area contributed by atoms with E-state index < -0.39 is 5.97 Å². The third-order valence-electron chi connectivity index (χ3n) is 2.41. The van der Waals surface area contributed by atoms with E-state index in [1.54, 1.807) is 29.7 Å². The Morgan fingerprint density at radius 3 is 3.00 bits per heavy atom. The molecule has 0 atom stereocenters. The van der Waals surface area contributed by atoms with Crippen LogP contribution >= 0.6 is 11.3 Å². The van der Waals surface area contributed by atoms with Crippen molar-refractivity contribution in [2.45, 2.75) is 6.42 Å². The van der Waals surface area contributed by atoms with Gasteiger partial charge in [-0.25, -0.2) is 9.78 Å². The van der Waals surface area contributed by atoms with Gasteiger partial charge in [-0.2, -0.15) is 0 Å². The highest BCUT2D eigenvalue weighted by atomic mass is 32.1. The van der Waals surface area contributed by atoms with Gasteiger partial charge in [0.2, 0.25) is 0 Å². The Kier molecular flexibility index (Phi) is 3.78. The molecular weight excluding hydrogens is 250 g/mol. The van der Waals surface area contributed by atoms with E-state index >= 15 is 0 Å². The number of hydrogen-bond acceptors (Lipinski definition) is 5. The Hall–Kier alpha value is -2.08. The van der Waals surface area contributed by atoms with E-state index in [2.05, 4.69) is 10.3 Å². The van der Waals surface area contributed by atoms with Crippen LogP contribution in [-0.4, -0.2) is 22.6 Å². The second-order valence-corrected chi connectivity index (χ2v) is 4.69. The molecule has 1 aromatic heterocycles. The van der Waals surface area contributed by atoms with Gasteiger partial charge >= 0.3 is 5.97 Å². The first kappa shape index (κ1) is 12.4. The Labute approximate surface area is 108 Å². The largest absolute Gasteiger partial charge is 0.478 e. The number of aromatic nitrogens is 1. The number of carboxylic acids is 1. The predicted octanol–water partition coefficient (Wildman–Crippen LogP) is 2.08. The molecule has 0 spiro atoms. The van der Waals surface area contributed by atoms with Crippen molar-refractivity contribution < 1.29 is 9.90 Å². The van der Waals surface area contributed by atoms with Crippen molar-refractivity contribution in [1.29, 1.82) is 0 Å². The van der Waals surface area contributed by atoms with E-state index in [0.29, 0.717) is 17.9 Å². The highest BCUT2D eigenvalue weighted by Gasteiger charge is 2.09. The maximum absolute atomic E-state index is 11.0. The van der Waals surface area contributed by atoms with E-state index in [4.69, 9.17) is 10.8 Å². The smallest absolute Gasteiger partial charge is 0.337 e. The molecule has 0 aliphatic carbocycles. The van der Waals surface area contributed by atoms with Crippen molar-refractivity contribution in [3.05, 3.63) is 40.3 Å². The second-order valence-electron chi connectivity index (χ2n) is 3.71. The first-order valence-electron chi connectivity index (χ1n) is 5.42. The summed E-state index contributed by atoms with van der Waals surface area (Å²) in [6.45, 7) is 0.622. The summed E-state index contributed by atoms with van der Waals surface area (Å²) in [6, 6.07) is 4.71. The first-order valence-corrected chi connectivity index (χ1v) is 6.30. The average Bonchev–Trinajstić information content (AvgIpc) is 2.82. The molecule has 0 fully saturated rings. The number of aromatic carboxylic acids is 1. The molecule has 0 aliphatic rings. The molecule has 94 valence electrons. The van der Waals surface area contributed by atoms with Crippen molar-refractivity contribution in [3.8, 4) is 0 Å². The highest BCUT2D eigenvalue weighted by Crippen LogP contribution is 2.19. The minimum absolute atomic E-state index is 0.225. The number of thiazole rings is 1. The van der Waals surface area contributed by atoms with Gasteiger partial charge in [-0.05, 0) is 18.2 Å². The molecule has 4 N–H and O–H groups in total. The zero-order valence-electron chi connectivity index (χ0n) is 9.59. The summed E-state index contributed by atoms with van der Waals surface area (Å²) in [5.74, 6) is -0.966. The Balaban J connectivity index is 2.03. The van der Waals surface area contributed by atoms with E-state index in [1.807, 2.05) is 5.38 Å². The standard InChI is InChI=1S/C12H13N3O2S/c13-8-1-2-9(12(16)17)10(7-8)14-4-3-11-15-5-6-18-11/h1-2,5-7,14H,3-4,13H2,(H,16,17). The lowest BCUT2D eigenvalue weighted by Gasteiger charge is -2.09. The number of carboxylic acid groups (broad SMARTS) is 1. The summed E-state index contributed by atoms with van der Waals surface area (Å²) in [5.41, 5.74) is 6.96. The number of nitrogens with one attached hydrogen (secondary N) is 1. The topological polar surface area (TPSA) is 88.2 Å². The molecule has 0 radical (unpaired) electrons. The summed E-state index contributed by atoms with van der Waals surface area (Å²) in [5, 5.41) is 15.1. The Morgan fingerprint density at radius 2 is 2.33 bits per heavy atom. The summed E-state index contributed by atoms with van der Waals surface area (Å²) in [6.07, 6.45) is 2.51. The monoisotopic (exact) mass is 263 g/mol. The van der Waals surface area contributed by atoms with Gasteiger partial charge in [0.15, 0.2) is 0 Å². The fraction of sp³-hybridized carbons (Fsp3) is 0.167. The van der Waals surface area contributed by atoms with Crippen LogP contribution in [0.3, 0.4) is 0 Å². The molecule has 0 aliphatic heterocycles. The van der Waals surface area contributed by atoms with E-state index in [0.717, 1.165) is 11.4 Å². The van der Waals surface area contributed by atoms with Crippen LogP contribution in [0.15, 0.2) is 29.8 Å². The number of nitrogen functional groups attached to an aromatic ring is 1. The zero-order chi connectivity index (χ0) is 13.0. The molecule has 0 bridgehead atoms. The quantitative estimate of drug-likeness (QED) is 0.719. The van der Waals surface area contributed by atoms with Crippen LogP contribution in [0.2, 0.25) is 0 Å². The van der Waals surface area contributed by atoms with Gasteiger partial charge in [-0.1, -0.05) is 0 Å². The van der Waals surface area contributed by atoms with Crippen LogP contribution in [0, 0.1) is 0 Å². The summed E-state index contributed by atoms with van der Waals surface area (Å²) < 4.78 is 0. The fourth-order valence-corrected chi connectivity index (χ4v) is 2.20. The number of hydrogen-bond donors (Lipinski definition) is 3. The number of anilines is 2. The lowest BCUT2D eigenvalue weighted by atomic mass is 10.1. The average molecular weight is 263 g/mol. The van der Waals surface area contributed by atoms with Crippen molar-refractivity contribution in [2.24, 2.45) is 0 Å². The molecule has 0 amide bonds. The lowest BCUT2D eigenvalue weighted by Crippen LogP contribution is -2.10. The molecule has 0 saturated carbocycles. The first-order chi connectivity index (χ1) is 8.66. The van der Waals surface area contributed by atoms with E-state index in [1.165, 1.54) is 6.07 Å². The van der Waals surface area contributed by atoms with Gasteiger partial charge in [-0.15, -0.1) is 11.3 Å². The molecule has 2 rings (SSSR count). The molecule has 5 nitrogen and oxygen atoms in total. The van der Waals surface area contributed by atoms with Gasteiger partial charge in [-0.3, -0.25) is 0 Å². The third-order valence-corrected chi connectivity index (χ3v) is 3.25. The van der Waals surface area contributed by atoms with Crippen LogP contribution < -0.4 is 11.1 Å². The zero-order valence-corrected chi connectivity index (χ0v) is 10.4. The third kappa shape index (κ3) is 2.98. The maximum Gasteiger partial charge on any atom is 0.337 e. The van der Waals surface area contributed by atoms with Crippen LogP contribution in [0.5, 0.6) is 0 Å². The number of carbonyl (C=O) groups is 1. The van der Waals surface area contributed by atoms with Gasteiger partial charge in [0, 0.05) is 30.2 Å². The molecule has 0 saturated heterocycles. The molecule has 18 heavy (non-hydrogen) atoms. The molecule has 6 heteroatoms. The molecule has 1 aromatic carbocycles. The minimum Gasteiger partial charge on any atom is -0.478 e. The van der Waals surface area contributed by atoms with Crippen LogP contribution in [0.4, 0.5) is 11.4 Å². The van der Waals surface area contributed by atoms with Gasteiger partial charge in [0.1, 0.15) is 0 Å². The van der Waals surface area contributed by atoms with E-state index in [9.17, 15) is 4.79 Å². The highest BCUT2D eigenvalue weighted by molar-refractivity contribution is 7.09. The molecule has 1 heterocycles. The van der Waals surface area contributed by atoms with Crippen molar-refractivity contribution >= 4 is 28.7 Å².